The van der Waals surface area contributed by atoms with Gasteiger partial charge in [-0.2, -0.15) is 13.2 Å². The zero-order chi connectivity index (χ0) is 23.5. The van der Waals surface area contributed by atoms with Crippen molar-refractivity contribution in [1.82, 2.24) is 5.32 Å². The van der Waals surface area contributed by atoms with E-state index in [9.17, 15) is 27.6 Å². The first kappa shape index (κ1) is 24.0. The second kappa shape index (κ2) is 9.85. The minimum atomic E-state index is -5.19. The summed E-state index contributed by atoms with van der Waals surface area (Å²) in [6, 6.07) is 6.90. The fraction of sp³-hybridized carbons (Fsp3) is 0.435. The molecule has 1 aliphatic carbocycles. The number of anilines is 1. The summed E-state index contributed by atoms with van der Waals surface area (Å²) in [5.74, 6) is -3.04. The van der Waals surface area contributed by atoms with Crippen molar-refractivity contribution in [3.05, 3.63) is 51.7 Å². The highest BCUT2D eigenvalue weighted by atomic mass is 32.1. The van der Waals surface area contributed by atoms with Gasteiger partial charge in [0.1, 0.15) is 0 Å². The Labute approximate surface area is 188 Å². The highest BCUT2D eigenvalue weighted by Crippen LogP contribution is 2.36. The minimum Gasteiger partial charge on any atom is -0.351 e. The largest absolute Gasteiger partial charge is 0.471 e. The number of nitrogens with zero attached hydrogens (tertiary/aromatic N) is 1. The zero-order valence-electron chi connectivity index (χ0n) is 17.9. The number of carbonyl (C=O) groups excluding carboxylic acids is 3. The van der Waals surface area contributed by atoms with Crippen LogP contribution in [-0.4, -0.2) is 29.8 Å². The first-order valence-electron chi connectivity index (χ1n) is 10.5. The number of benzene rings is 1. The summed E-state index contributed by atoms with van der Waals surface area (Å²) < 4.78 is 40.9. The molecule has 0 bridgehead atoms. The molecule has 0 spiro atoms. The van der Waals surface area contributed by atoms with Crippen LogP contribution in [0.1, 0.15) is 65.2 Å². The van der Waals surface area contributed by atoms with Crippen LogP contribution < -0.4 is 10.2 Å². The molecule has 3 rings (SSSR count). The highest BCUT2D eigenvalue weighted by Gasteiger charge is 2.48. The van der Waals surface area contributed by atoms with Crippen molar-refractivity contribution in [2.75, 3.05) is 4.90 Å². The van der Waals surface area contributed by atoms with Gasteiger partial charge in [0.25, 0.3) is 0 Å². The van der Waals surface area contributed by atoms with Gasteiger partial charge in [-0.1, -0.05) is 19.3 Å². The predicted molar refractivity (Wildman–Crippen MR) is 117 cm³/mol. The molecule has 1 N–H and O–H groups in total. The van der Waals surface area contributed by atoms with Gasteiger partial charge in [0.05, 0.1) is 0 Å². The van der Waals surface area contributed by atoms with E-state index in [1.807, 2.05) is 0 Å². The number of aryl methyl sites for hydroxylation is 1. The van der Waals surface area contributed by atoms with E-state index < -0.39 is 24.0 Å². The Hall–Kier alpha value is -2.68. The van der Waals surface area contributed by atoms with Gasteiger partial charge in [-0.15, -0.1) is 11.3 Å². The number of ketones is 1. The van der Waals surface area contributed by atoms with Crippen LogP contribution in [0.2, 0.25) is 0 Å². The fourth-order valence-corrected chi connectivity index (χ4v) is 4.85. The second-order valence-electron chi connectivity index (χ2n) is 7.97. The van der Waals surface area contributed by atoms with Crippen molar-refractivity contribution in [2.24, 2.45) is 0 Å². The highest BCUT2D eigenvalue weighted by molar-refractivity contribution is 7.12. The number of nitrogens with one attached hydrogen (secondary N) is 1. The molecule has 5 nitrogen and oxygen atoms in total. The normalized spacial score (nSPS) is 15.8. The van der Waals surface area contributed by atoms with Gasteiger partial charge >= 0.3 is 12.1 Å². The van der Waals surface area contributed by atoms with Crippen LogP contribution >= 0.6 is 11.3 Å². The number of rotatable bonds is 6. The summed E-state index contributed by atoms with van der Waals surface area (Å²) in [7, 11) is 0. The van der Waals surface area contributed by atoms with Crippen LogP contribution in [0.15, 0.2) is 36.4 Å². The Morgan fingerprint density at radius 1 is 1.03 bits per heavy atom. The molecule has 0 saturated heterocycles. The molecule has 172 valence electrons. The van der Waals surface area contributed by atoms with Crippen molar-refractivity contribution in [3.63, 3.8) is 0 Å². The smallest absolute Gasteiger partial charge is 0.351 e. The van der Waals surface area contributed by atoms with Crippen LogP contribution in [0.5, 0.6) is 0 Å². The Morgan fingerprint density at radius 3 is 2.16 bits per heavy atom. The molecular weight excluding hydrogens is 441 g/mol. The van der Waals surface area contributed by atoms with Gasteiger partial charge in [0, 0.05) is 27.0 Å². The summed E-state index contributed by atoms with van der Waals surface area (Å²) in [6.07, 6.45) is -0.752. The van der Waals surface area contributed by atoms with Crippen molar-refractivity contribution >= 4 is 34.6 Å². The van der Waals surface area contributed by atoms with E-state index in [0.29, 0.717) is 15.3 Å². The average molecular weight is 467 g/mol. The Balaban J connectivity index is 2.06. The number of alkyl halides is 3. The average Bonchev–Trinajstić information content (AvgIpc) is 3.17. The fourth-order valence-electron chi connectivity index (χ4n) is 3.88. The topological polar surface area (TPSA) is 66.5 Å². The molecule has 32 heavy (non-hydrogen) atoms. The molecule has 1 fully saturated rings. The maximum Gasteiger partial charge on any atom is 0.471 e. The molecule has 1 heterocycles. The van der Waals surface area contributed by atoms with E-state index in [0.717, 1.165) is 37.0 Å². The molecule has 1 aliphatic rings. The van der Waals surface area contributed by atoms with Crippen LogP contribution in [0.4, 0.5) is 18.9 Å². The molecule has 1 aromatic carbocycles. The zero-order valence-corrected chi connectivity index (χ0v) is 18.7. The monoisotopic (exact) mass is 466 g/mol. The lowest BCUT2D eigenvalue weighted by Crippen LogP contribution is -2.50. The molecule has 0 radical (unpaired) electrons. The molecule has 2 aromatic rings. The Kier molecular flexibility index (Phi) is 7.38. The lowest BCUT2D eigenvalue weighted by Gasteiger charge is -2.33. The summed E-state index contributed by atoms with van der Waals surface area (Å²) in [6.45, 7) is 3.12. The second-order valence-corrected chi connectivity index (χ2v) is 9.29. The van der Waals surface area contributed by atoms with Crippen molar-refractivity contribution < 1.29 is 27.6 Å². The third-order valence-electron chi connectivity index (χ3n) is 5.50. The SMILES string of the molecule is CC(=O)c1ccc(N(C(=O)C(F)(F)F)[C@@H](C(=O)NC2CCCCC2)c2ccc(C)s2)cc1. The maximum atomic E-state index is 13.6. The molecular formula is C23H25F3N2O3S. The standard InChI is InChI=1S/C23H25F3N2O3S/c1-14-8-13-19(32-14)20(21(30)27-17-6-4-3-5-7-17)28(22(31)23(24,25)26)18-11-9-16(10-12-18)15(2)29/h8-13,17,20H,3-7H2,1-2H3,(H,27,30)/t20-/m1/s1. The lowest BCUT2D eigenvalue weighted by molar-refractivity contribution is -0.171. The molecule has 0 aliphatic heterocycles. The van der Waals surface area contributed by atoms with Gasteiger partial charge in [-0.25, -0.2) is 0 Å². The van der Waals surface area contributed by atoms with Gasteiger partial charge in [0.15, 0.2) is 11.8 Å². The number of halogens is 3. The number of hydrogen-bond donors (Lipinski definition) is 1. The Morgan fingerprint density at radius 2 is 1.66 bits per heavy atom. The van der Waals surface area contributed by atoms with Crippen LogP contribution in [-0.2, 0) is 9.59 Å². The molecule has 1 saturated carbocycles. The van der Waals surface area contributed by atoms with Gasteiger partial charge in [-0.3, -0.25) is 19.3 Å². The van der Waals surface area contributed by atoms with E-state index >= 15 is 0 Å². The van der Waals surface area contributed by atoms with E-state index in [-0.39, 0.29) is 17.5 Å². The number of carbonyl (C=O) groups is 3. The molecule has 9 heteroatoms. The van der Waals surface area contributed by atoms with Gasteiger partial charge < -0.3 is 5.32 Å². The van der Waals surface area contributed by atoms with Gasteiger partial charge in [0.2, 0.25) is 5.91 Å². The first-order chi connectivity index (χ1) is 15.1. The van der Waals surface area contributed by atoms with Crippen molar-refractivity contribution in [3.8, 4) is 0 Å². The van der Waals surface area contributed by atoms with E-state index in [4.69, 9.17) is 0 Å². The lowest BCUT2D eigenvalue weighted by atomic mass is 9.95. The number of thiophene rings is 1. The third-order valence-corrected chi connectivity index (χ3v) is 6.56. The summed E-state index contributed by atoms with van der Waals surface area (Å²) in [5.41, 5.74) is 0.190. The van der Waals surface area contributed by atoms with Gasteiger partial charge in [-0.05, 0) is 63.1 Å². The predicted octanol–water partition coefficient (Wildman–Crippen LogP) is 5.34. The molecule has 1 aromatic heterocycles. The van der Waals surface area contributed by atoms with Crippen molar-refractivity contribution in [2.45, 2.75) is 64.2 Å². The molecule has 0 unspecified atom stereocenters. The molecule has 2 amide bonds. The number of hydrogen-bond acceptors (Lipinski definition) is 4. The van der Waals surface area contributed by atoms with E-state index in [1.165, 1.54) is 42.5 Å². The van der Waals surface area contributed by atoms with Crippen LogP contribution in [0.25, 0.3) is 0 Å². The molecule has 1 atom stereocenters. The Bertz CT molecular complexity index is 979. The number of Topliss-reactive ketones (excluding diaryl/α,β-unsaturated/α-hetero) is 1. The van der Waals surface area contributed by atoms with Crippen LogP contribution in [0.3, 0.4) is 0 Å². The summed E-state index contributed by atoms with van der Waals surface area (Å²) >= 11 is 1.17. The summed E-state index contributed by atoms with van der Waals surface area (Å²) in [4.78, 5) is 39.1. The maximum absolute atomic E-state index is 13.6. The van der Waals surface area contributed by atoms with Crippen molar-refractivity contribution in [1.29, 1.82) is 0 Å². The third kappa shape index (κ3) is 5.56. The first-order valence-corrected chi connectivity index (χ1v) is 11.3. The van der Waals surface area contributed by atoms with E-state index in [2.05, 4.69) is 5.32 Å². The quantitative estimate of drug-likeness (QED) is 0.584. The van der Waals surface area contributed by atoms with E-state index in [1.54, 1.807) is 19.1 Å². The van der Waals surface area contributed by atoms with Crippen LogP contribution in [0, 0.1) is 6.92 Å². The summed E-state index contributed by atoms with van der Waals surface area (Å²) in [5, 5.41) is 2.87. The number of amides is 2. The minimum absolute atomic E-state index is 0.104.